The van der Waals surface area contributed by atoms with Crippen LogP contribution in [-0.4, -0.2) is 5.91 Å². The van der Waals surface area contributed by atoms with E-state index in [4.69, 9.17) is 0 Å². The molecule has 1 amide bonds. The van der Waals surface area contributed by atoms with Crippen LogP contribution in [-0.2, 0) is 4.79 Å². The smallest absolute Gasteiger partial charge is 0.240 e. The highest BCUT2D eigenvalue weighted by Crippen LogP contribution is 2.18. The summed E-state index contributed by atoms with van der Waals surface area (Å²) in [5.41, 5.74) is 6.93. The fourth-order valence-corrected chi connectivity index (χ4v) is 1.13. The van der Waals surface area contributed by atoms with Crippen LogP contribution in [0.4, 0.5) is 5.69 Å². The summed E-state index contributed by atoms with van der Waals surface area (Å²) in [6, 6.07) is 8.22. The van der Waals surface area contributed by atoms with E-state index in [9.17, 15) is 4.79 Å². The van der Waals surface area contributed by atoms with Crippen molar-refractivity contribution in [3.05, 3.63) is 60.8 Å². The van der Waals surface area contributed by atoms with Gasteiger partial charge >= 0.3 is 0 Å². The van der Waals surface area contributed by atoms with Gasteiger partial charge in [0.15, 0.2) is 0 Å². The molecule has 82 valence electrons. The third kappa shape index (κ3) is 3.84. The molecule has 1 aliphatic rings. The molecule has 0 saturated carbocycles. The molecule has 0 bridgehead atoms. The molecule has 0 saturated heterocycles. The number of carbonyl (C=O) groups is 1. The first-order valence-electron chi connectivity index (χ1n) is 4.84. The standard InChI is InChI=1S/C10H9N.C3H5NO/c1-2-7-10-9(5-1)6-3-4-8-11-10;1-2-3(4)5/h1-8,11H;2H,1H2,(H2,4,5). The first-order chi connectivity index (χ1) is 7.74. The third-order valence-corrected chi connectivity index (χ3v) is 1.88. The van der Waals surface area contributed by atoms with Crippen molar-refractivity contribution in [2.45, 2.75) is 0 Å². The van der Waals surface area contributed by atoms with E-state index < -0.39 is 5.91 Å². The van der Waals surface area contributed by atoms with E-state index in [1.165, 1.54) is 5.56 Å². The van der Waals surface area contributed by atoms with Gasteiger partial charge in [-0.05, 0) is 23.8 Å². The Hall–Kier alpha value is -2.29. The van der Waals surface area contributed by atoms with E-state index in [2.05, 4.69) is 35.8 Å². The molecule has 0 unspecified atom stereocenters. The summed E-state index contributed by atoms with van der Waals surface area (Å²) in [6.07, 6.45) is 9.09. The number of hydrogen-bond acceptors (Lipinski definition) is 2. The molecule has 0 aromatic heterocycles. The number of nitrogens with one attached hydrogen (secondary N) is 1. The molecule has 3 nitrogen and oxygen atoms in total. The Bertz CT molecular complexity index is 433. The summed E-state index contributed by atoms with van der Waals surface area (Å²) >= 11 is 0. The molecule has 0 fully saturated rings. The van der Waals surface area contributed by atoms with Crippen LogP contribution in [0.1, 0.15) is 5.56 Å². The Kier molecular flexibility index (Phi) is 4.60. The van der Waals surface area contributed by atoms with E-state index in [1.807, 2.05) is 30.5 Å². The number of hydrogen-bond donors (Lipinski definition) is 2. The van der Waals surface area contributed by atoms with Crippen molar-refractivity contribution in [3.8, 4) is 0 Å². The molecule has 0 atom stereocenters. The molecule has 1 heterocycles. The molecule has 1 aromatic carbocycles. The molecule has 3 heteroatoms. The van der Waals surface area contributed by atoms with Gasteiger partial charge in [-0.2, -0.15) is 0 Å². The first-order valence-corrected chi connectivity index (χ1v) is 4.84. The Balaban J connectivity index is 0.000000221. The van der Waals surface area contributed by atoms with Crippen LogP contribution in [0.15, 0.2) is 55.3 Å². The average molecular weight is 214 g/mol. The topological polar surface area (TPSA) is 55.1 Å². The fraction of sp³-hybridized carbons (Fsp3) is 0. The maximum atomic E-state index is 9.47. The van der Waals surface area contributed by atoms with Crippen molar-refractivity contribution in [2.75, 3.05) is 5.32 Å². The van der Waals surface area contributed by atoms with Gasteiger partial charge in [0.05, 0.1) is 0 Å². The van der Waals surface area contributed by atoms with E-state index >= 15 is 0 Å². The van der Waals surface area contributed by atoms with Crippen molar-refractivity contribution >= 4 is 17.7 Å². The van der Waals surface area contributed by atoms with Crippen LogP contribution in [0.3, 0.4) is 0 Å². The predicted octanol–water partition coefficient (Wildman–Crippen LogP) is 2.30. The number of fused-ring (bicyclic) bond motifs is 1. The minimum Gasteiger partial charge on any atom is -0.366 e. The number of allylic oxidation sites excluding steroid dienone is 2. The molecule has 3 N–H and O–H groups in total. The van der Waals surface area contributed by atoms with Gasteiger partial charge in [-0.15, -0.1) is 0 Å². The summed E-state index contributed by atoms with van der Waals surface area (Å²) < 4.78 is 0. The SMILES string of the molecule is C1=CNc2ccccc2C=C1.C=CC(N)=O. The lowest BCUT2D eigenvalue weighted by Gasteiger charge is -2.01. The summed E-state index contributed by atoms with van der Waals surface area (Å²) in [4.78, 5) is 9.47. The number of para-hydroxylation sites is 1. The Morgan fingerprint density at radius 3 is 2.69 bits per heavy atom. The molecule has 1 aromatic rings. The van der Waals surface area contributed by atoms with Crippen LogP contribution in [0.2, 0.25) is 0 Å². The van der Waals surface area contributed by atoms with Crippen LogP contribution < -0.4 is 11.1 Å². The lowest BCUT2D eigenvalue weighted by Crippen LogP contribution is -2.04. The molecular formula is C13H14N2O. The van der Waals surface area contributed by atoms with Crippen LogP contribution >= 0.6 is 0 Å². The van der Waals surface area contributed by atoms with Crippen LogP contribution in [0.5, 0.6) is 0 Å². The number of nitrogens with two attached hydrogens (primary N) is 1. The lowest BCUT2D eigenvalue weighted by molar-refractivity contribution is -0.113. The molecule has 0 aliphatic carbocycles. The van der Waals surface area contributed by atoms with Crippen molar-refractivity contribution in [1.82, 2.24) is 0 Å². The van der Waals surface area contributed by atoms with Gasteiger partial charge < -0.3 is 11.1 Å². The minimum absolute atomic E-state index is 0.481. The number of primary amides is 1. The Morgan fingerprint density at radius 2 is 2.00 bits per heavy atom. The van der Waals surface area contributed by atoms with Gasteiger partial charge in [-0.3, -0.25) is 4.79 Å². The average Bonchev–Trinajstić information content (AvgIpc) is 2.54. The number of rotatable bonds is 1. The van der Waals surface area contributed by atoms with Gasteiger partial charge in [0.25, 0.3) is 0 Å². The third-order valence-electron chi connectivity index (χ3n) is 1.88. The molecule has 16 heavy (non-hydrogen) atoms. The van der Waals surface area contributed by atoms with E-state index in [1.54, 1.807) is 0 Å². The summed E-state index contributed by atoms with van der Waals surface area (Å²) in [5, 5.41) is 3.18. The predicted molar refractivity (Wildman–Crippen MR) is 67.6 cm³/mol. The maximum absolute atomic E-state index is 9.47. The Morgan fingerprint density at radius 1 is 1.31 bits per heavy atom. The zero-order valence-corrected chi connectivity index (χ0v) is 8.89. The molecule has 0 spiro atoms. The summed E-state index contributed by atoms with van der Waals surface area (Å²) in [5.74, 6) is -0.481. The lowest BCUT2D eigenvalue weighted by atomic mass is 10.2. The zero-order chi connectivity index (χ0) is 11.8. The molecule has 1 aliphatic heterocycles. The van der Waals surface area contributed by atoms with E-state index in [0.717, 1.165) is 11.8 Å². The molecular weight excluding hydrogens is 200 g/mol. The van der Waals surface area contributed by atoms with Gasteiger partial charge in [-0.1, -0.05) is 36.9 Å². The monoisotopic (exact) mass is 214 g/mol. The summed E-state index contributed by atoms with van der Waals surface area (Å²) in [7, 11) is 0. The number of amides is 1. The second-order valence-electron chi connectivity index (χ2n) is 3.06. The number of carbonyl (C=O) groups excluding carboxylic acids is 1. The van der Waals surface area contributed by atoms with Gasteiger partial charge in [0.1, 0.15) is 0 Å². The maximum Gasteiger partial charge on any atom is 0.240 e. The minimum atomic E-state index is -0.481. The van der Waals surface area contributed by atoms with Gasteiger partial charge in [-0.25, -0.2) is 0 Å². The first kappa shape index (κ1) is 11.8. The second-order valence-corrected chi connectivity index (χ2v) is 3.06. The number of benzene rings is 1. The van der Waals surface area contributed by atoms with Crippen LogP contribution in [0, 0.1) is 0 Å². The number of anilines is 1. The molecule has 0 radical (unpaired) electrons. The summed E-state index contributed by atoms with van der Waals surface area (Å²) in [6.45, 7) is 3.09. The van der Waals surface area contributed by atoms with Gasteiger partial charge in [0, 0.05) is 11.9 Å². The van der Waals surface area contributed by atoms with E-state index in [-0.39, 0.29) is 0 Å². The highest BCUT2D eigenvalue weighted by molar-refractivity contribution is 5.84. The quantitative estimate of drug-likeness (QED) is 0.705. The highest BCUT2D eigenvalue weighted by atomic mass is 16.1. The Labute approximate surface area is 95.0 Å². The fourth-order valence-electron chi connectivity index (χ4n) is 1.13. The largest absolute Gasteiger partial charge is 0.366 e. The zero-order valence-electron chi connectivity index (χ0n) is 8.89. The normalized spacial score (nSPS) is 11.2. The van der Waals surface area contributed by atoms with Crippen molar-refractivity contribution in [2.24, 2.45) is 5.73 Å². The van der Waals surface area contributed by atoms with Crippen LogP contribution in [0.25, 0.3) is 6.08 Å². The van der Waals surface area contributed by atoms with Crippen molar-refractivity contribution in [3.63, 3.8) is 0 Å². The highest BCUT2D eigenvalue weighted by Gasteiger charge is 1.95. The van der Waals surface area contributed by atoms with Crippen molar-refractivity contribution in [1.29, 1.82) is 0 Å². The molecule has 2 rings (SSSR count). The second kappa shape index (κ2) is 6.24. The van der Waals surface area contributed by atoms with Gasteiger partial charge in [0.2, 0.25) is 5.91 Å². The van der Waals surface area contributed by atoms with Crippen molar-refractivity contribution < 1.29 is 4.79 Å². The van der Waals surface area contributed by atoms with E-state index in [0.29, 0.717) is 0 Å².